The highest BCUT2D eigenvalue weighted by Crippen LogP contribution is 2.23. The molecule has 0 aliphatic heterocycles. The molecule has 1 aromatic carbocycles. The highest BCUT2D eigenvalue weighted by Gasteiger charge is 2.11. The van der Waals surface area contributed by atoms with E-state index >= 15 is 0 Å². The smallest absolute Gasteiger partial charge is 0.182 e. The van der Waals surface area contributed by atoms with E-state index in [1.807, 2.05) is 35.0 Å². The average Bonchev–Trinajstić information content (AvgIpc) is 3.03. The first kappa shape index (κ1) is 14.4. The molecule has 3 rings (SSSR count). The summed E-state index contributed by atoms with van der Waals surface area (Å²) in [6, 6.07) is 13.9. The SMILES string of the molecule is COC(O)c1cncc(-c2ccnn2Cc2ccccc2)c1. The van der Waals surface area contributed by atoms with Crippen molar-refractivity contribution >= 4 is 0 Å². The van der Waals surface area contributed by atoms with Crippen LogP contribution in [0, 0.1) is 0 Å². The zero-order valence-electron chi connectivity index (χ0n) is 12.3. The normalized spacial score (nSPS) is 12.3. The molecule has 3 aromatic rings. The van der Waals surface area contributed by atoms with Crippen molar-refractivity contribution in [1.82, 2.24) is 14.8 Å². The Balaban J connectivity index is 1.92. The molecular weight excluding hydrogens is 278 g/mol. The van der Waals surface area contributed by atoms with E-state index in [4.69, 9.17) is 4.74 Å². The Morgan fingerprint density at radius 1 is 1.18 bits per heavy atom. The first-order valence-electron chi connectivity index (χ1n) is 7.00. The van der Waals surface area contributed by atoms with Crippen LogP contribution in [0.3, 0.4) is 0 Å². The van der Waals surface area contributed by atoms with E-state index in [1.165, 1.54) is 12.7 Å². The van der Waals surface area contributed by atoms with Crippen molar-refractivity contribution in [2.24, 2.45) is 0 Å². The minimum atomic E-state index is -0.974. The van der Waals surface area contributed by atoms with Crippen LogP contribution in [0.4, 0.5) is 0 Å². The maximum Gasteiger partial charge on any atom is 0.182 e. The van der Waals surface area contributed by atoms with Crippen LogP contribution < -0.4 is 0 Å². The van der Waals surface area contributed by atoms with E-state index in [1.54, 1.807) is 18.6 Å². The van der Waals surface area contributed by atoms with Gasteiger partial charge >= 0.3 is 0 Å². The molecule has 0 aliphatic carbocycles. The Morgan fingerprint density at radius 3 is 2.77 bits per heavy atom. The molecule has 0 radical (unpaired) electrons. The molecule has 0 saturated heterocycles. The third-order valence-corrected chi connectivity index (χ3v) is 3.46. The molecule has 2 heterocycles. The fourth-order valence-electron chi connectivity index (χ4n) is 2.33. The number of ether oxygens (including phenoxy) is 1. The van der Waals surface area contributed by atoms with E-state index in [0.29, 0.717) is 12.1 Å². The Hall–Kier alpha value is -2.50. The second-order valence-corrected chi connectivity index (χ2v) is 4.95. The minimum Gasteiger partial charge on any atom is -0.364 e. The van der Waals surface area contributed by atoms with Gasteiger partial charge in [0.1, 0.15) is 0 Å². The van der Waals surface area contributed by atoms with Crippen LogP contribution in [0.5, 0.6) is 0 Å². The van der Waals surface area contributed by atoms with E-state index in [9.17, 15) is 5.11 Å². The molecule has 22 heavy (non-hydrogen) atoms. The lowest BCUT2D eigenvalue weighted by molar-refractivity contribution is -0.0771. The number of methoxy groups -OCH3 is 1. The number of nitrogens with zero attached hydrogens (tertiary/aromatic N) is 3. The summed E-state index contributed by atoms with van der Waals surface area (Å²) in [5, 5.41) is 14.1. The molecule has 0 bridgehead atoms. The lowest BCUT2D eigenvalue weighted by Gasteiger charge is -2.11. The fraction of sp³-hybridized carbons (Fsp3) is 0.176. The van der Waals surface area contributed by atoms with Crippen molar-refractivity contribution < 1.29 is 9.84 Å². The highest BCUT2D eigenvalue weighted by molar-refractivity contribution is 5.59. The van der Waals surface area contributed by atoms with Crippen molar-refractivity contribution in [3.8, 4) is 11.3 Å². The Morgan fingerprint density at radius 2 is 2.00 bits per heavy atom. The Bertz CT molecular complexity index is 740. The van der Waals surface area contributed by atoms with Gasteiger partial charge in [0.05, 0.1) is 12.2 Å². The molecule has 1 N–H and O–H groups in total. The van der Waals surface area contributed by atoms with Crippen LogP contribution in [-0.4, -0.2) is 27.0 Å². The minimum absolute atomic E-state index is 0.618. The second-order valence-electron chi connectivity index (χ2n) is 4.95. The lowest BCUT2D eigenvalue weighted by atomic mass is 10.1. The van der Waals surface area contributed by atoms with Crippen LogP contribution in [0.1, 0.15) is 17.4 Å². The summed E-state index contributed by atoms with van der Waals surface area (Å²) in [6.07, 6.45) is 4.13. The van der Waals surface area contributed by atoms with Gasteiger partial charge in [-0.3, -0.25) is 9.67 Å². The number of aliphatic hydroxyl groups is 1. The third kappa shape index (κ3) is 3.05. The van der Waals surface area contributed by atoms with Crippen LogP contribution in [0.25, 0.3) is 11.3 Å². The number of benzene rings is 1. The average molecular weight is 295 g/mol. The van der Waals surface area contributed by atoms with Gasteiger partial charge in [-0.2, -0.15) is 5.10 Å². The summed E-state index contributed by atoms with van der Waals surface area (Å²) < 4.78 is 6.84. The van der Waals surface area contributed by atoms with Gasteiger partial charge in [0, 0.05) is 36.8 Å². The first-order valence-corrected chi connectivity index (χ1v) is 7.00. The van der Waals surface area contributed by atoms with Crippen LogP contribution >= 0.6 is 0 Å². The topological polar surface area (TPSA) is 60.2 Å². The molecule has 5 heteroatoms. The van der Waals surface area contributed by atoms with Crippen molar-refractivity contribution in [2.45, 2.75) is 12.8 Å². The molecule has 0 amide bonds. The van der Waals surface area contributed by atoms with Gasteiger partial charge in [-0.25, -0.2) is 0 Å². The quantitative estimate of drug-likeness (QED) is 0.735. The van der Waals surface area contributed by atoms with Gasteiger partial charge in [-0.15, -0.1) is 0 Å². The van der Waals surface area contributed by atoms with Crippen molar-refractivity contribution in [3.63, 3.8) is 0 Å². The monoisotopic (exact) mass is 295 g/mol. The predicted octanol–water partition coefficient (Wildman–Crippen LogP) is 2.63. The number of aromatic nitrogens is 3. The third-order valence-electron chi connectivity index (χ3n) is 3.46. The summed E-state index contributed by atoms with van der Waals surface area (Å²) in [6.45, 7) is 0.681. The van der Waals surface area contributed by atoms with Gasteiger partial charge in [0.2, 0.25) is 0 Å². The largest absolute Gasteiger partial charge is 0.364 e. The zero-order chi connectivity index (χ0) is 15.4. The van der Waals surface area contributed by atoms with Gasteiger partial charge in [0.25, 0.3) is 0 Å². The van der Waals surface area contributed by atoms with Gasteiger partial charge < -0.3 is 9.84 Å². The molecule has 112 valence electrons. The molecule has 1 unspecified atom stereocenters. The lowest BCUT2D eigenvalue weighted by Crippen LogP contribution is -2.05. The summed E-state index contributed by atoms with van der Waals surface area (Å²) in [5.41, 5.74) is 3.63. The molecule has 0 fully saturated rings. The molecule has 2 aromatic heterocycles. The van der Waals surface area contributed by atoms with E-state index < -0.39 is 6.29 Å². The first-order chi connectivity index (χ1) is 10.8. The van der Waals surface area contributed by atoms with Gasteiger partial charge in [-0.05, 0) is 17.7 Å². The summed E-state index contributed by atoms with van der Waals surface area (Å²) >= 11 is 0. The predicted molar refractivity (Wildman–Crippen MR) is 83.0 cm³/mol. The maximum atomic E-state index is 9.77. The highest BCUT2D eigenvalue weighted by atomic mass is 16.6. The summed E-state index contributed by atoms with van der Waals surface area (Å²) in [7, 11) is 1.46. The van der Waals surface area contributed by atoms with Gasteiger partial charge in [-0.1, -0.05) is 30.3 Å². The van der Waals surface area contributed by atoms with E-state index in [0.717, 1.165) is 11.3 Å². The molecule has 0 spiro atoms. The standard InChI is InChI=1S/C17H17N3O2/c1-22-17(21)15-9-14(10-18-11-15)16-7-8-19-20(16)12-13-5-3-2-4-6-13/h2-11,17,21H,12H2,1H3. The van der Waals surface area contributed by atoms with Crippen LogP contribution in [0.15, 0.2) is 61.1 Å². The number of rotatable bonds is 5. The molecular formula is C17H17N3O2. The molecule has 5 nitrogen and oxygen atoms in total. The van der Waals surface area contributed by atoms with Crippen molar-refractivity contribution in [3.05, 3.63) is 72.2 Å². The summed E-state index contributed by atoms with van der Waals surface area (Å²) in [4.78, 5) is 4.18. The Labute approximate surface area is 128 Å². The van der Waals surface area contributed by atoms with Crippen LogP contribution in [-0.2, 0) is 11.3 Å². The molecule has 0 saturated carbocycles. The molecule has 1 atom stereocenters. The maximum absolute atomic E-state index is 9.77. The van der Waals surface area contributed by atoms with Gasteiger partial charge in [0.15, 0.2) is 6.29 Å². The molecule has 0 aliphatic rings. The summed E-state index contributed by atoms with van der Waals surface area (Å²) in [5.74, 6) is 0. The van der Waals surface area contributed by atoms with Crippen LogP contribution in [0.2, 0.25) is 0 Å². The second kappa shape index (κ2) is 6.51. The van der Waals surface area contributed by atoms with Crippen molar-refractivity contribution in [1.29, 1.82) is 0 Å². The number of hydrogen-bond donors (Lipinski definition) is 1. The number of hydrogen-bond acceptors (Lipinski definition) is 4. The zero-order valence-corrected chi connectivity index (χ0v) is 12.3. The number of aliphatic hydroxyl groups excluding tert-OH is 1. The van der Waals surface area contributed by atoms with Crippen molar-refractivity contribution in [2.75, 3.05) is 7.11 Å². The fourth-order valence-corrected chi connectivity index (χ4v) is 2.33. The van der Waals surface area contributed by atoms with E-state index in [2.05, 4.69) is 22.2 Å². The number of pyridine rings is 1. The Kier molecular flexibility index (Phi) is 4.27. The van der Waals surface area contributed by atoms with E-state index in [-0.39, 0.29) is 0 Å².